The second-order valence-electron chi connectivity index (χ2n) is 4.70. The Morgan fingerprint density at radius 1 is 0.895 bits per heavy atom. The SMILES string of the molecule is CNC(c1ccccc1Cl)c1cc(C)c(C)cc1Cl. The molecule has 1 nitrogen and oxygen atoms in total. The number of halogens is 2. The Morgan fingerprint density at radius 3 is 2.16 bits per heavy atom. The van der Waals surface area contributed by atoms with Crippen molar-refractivity contribution in [1.82, 2.24) is 5.32 Å². The van der Waals surface area contributed by atoms with Gasteiger partial charge in [0.2, 0.25) is 0 Å². The number of aryl methyl sites for hydroxylation is 2. The van der Waals surface area contributed by atoms with Crippen LogP contribution < -0.4 is 5.32 Å². The van der Waals surface area contributed by atoms with Crippen molar-refractivity contribution < 1.29 is 0 Å². The standard InChI is InChI=1S/C16H17Cl2N/c1-10-8-13(15(18)9-11(10)2)16(19-3)12-6-4-5-7-14(12)17/h4-9,16,19H,1-3H3. The van der Waals surface area contributed by atoms with Crippen LogP contribution in [0.25, 0.3) is 0 Å². The van der Waals surface area contributed by atoms with Gasteiger partial charge >= 0.3 is 0 Å². The van der Waals surface area contributed by atoms with Crippen molar-refractivity contribution in [2.45, 2.75) is 19.9 Å². The number of rotatable bonds is 3. The Morgan fingerprint density at radius 2 is 1.53 bits per heavy atom. The van der Waals surface area contributed by atoms with Crippen LogP contribution >= 0.6 is 23.2 Å². The summed E-state index contributed by atoms with van der Waals surface area (Å²) in [5.74, 6) is 0. The van der Waals surface area contributed by atoms with Crippen molar-refractivity contribution in [3.8, 4) is 0 Å². The zero-order chi connectivity index (χ0) is 14.0. The summed E-state index contributed by atoms with van der Waals surface area (Å²) < 4.78 is 0. The smallest absolute Gasteiger partial charge is 0.0603 e. The van der Waals surface area contributed by atoms with Gasteiger partial charge in [0.1, 0.15) is 0 Å². The van der Waals surface area contributed by atoms with Crippen molar-refractivity contribution >= 4 is 23.2 Å². The van der Waals surface area contributed by atoms with Crippen LogP contribution in [0.15, 0.2) is 36.4 Å². The third kappa shape index (κ3) is 2.94. The van der Waals surface area contributed by atoms with E-state index in [0.717, 1.165) is 21.2 Å². The second-order valence-corrected chi connectivity index (χ2v) is 5.52. The fourth-order valence-corrected chi connectivity index (χ4v) is 2.78. The van der Waals surface area contributed by atoms with Gasteiger partial charge in [-0.05, 0) is 55.3 Å². The fraction of sp³-hybridized carbons (Fsp3) is 0.250. The molecule has 0 spiro atoms. The van der Waals surface area contributed by atoms with Crippen LogP contribution in [0, 0.1) is 13.8 Å². The summed E-state index contributed by atoms with van der Waals surface area (Å²) in [4.78, 5) is 0. The molecule has 0 radical (unpaired) electrons. The summed E-state index contributed by atoms with van der Waals surface area (Å²) in [6, 6.07) is 12.0. The highest BCUT2D eigenvalue weighted by atomic mass is 35.5. The molecule has 0 heterocycles. The first-order valence-electron chi connectivity index (χ1n) is 6.23. The van der Waals surface area contributed by atoms with E-state index in [1.54, 1.807) is 0 Å². The summed E-state index contributed by atoms with van der Waals surface area (Å²) in [5, 5.41) is 4.81. The van der Waals surface area contributed by atoms with E-state index >= 15 is 0 Å². The molecule has 2 rings (SSSR count). The van der Waals surface area contributed by atoms with Gasteiger partial charge in [0, 0.05) is 10.0 Å². The summed E-state index contributed by atoms with van der Waals surface area (Å²) in [6.07, 6.45) is 0. The molecule has 0 bridgehead atoms. The van der Waals surface area contributed by atoms with Crippen LogP contribution in [0.4, 0.5) is 0 Å². The molecule has 0 aliphatic rings. The van der Waals surface area contributed by atoms with E-state index in [1.807, 2.05) is 37.4 Å². The Balaban J connectivity index is 2.55. The maximum Gasteiger partial charge on any atom is 0.0603 e. The predicted molar refractivity (Wildman–Crippen MR) is 83.3 cm³/mol. The van der Waals surface area contributed by atoms with Crippen LogP contribution in [-0.2, 0) is 0 Å². The highest BCUT2D eigenvalue weighted by molar-refractivity contribution is 6.32. The normalized spacial score (nSPS) is 12.5. The summed E-state index contributed by atoms with van der Waals surface area (Å²) in [6.45, 7) is 4.16. The average molecular weight is 294 g/mol. The molecule has 1 unspecified atom stereocenters. The number of nitrogens with one attached hydrogen (secondary N) is 1. The van der Waals surface area contributed by atoms with E-state index in [9.17, 15) is 0 Å². The molecule has 100 valence electrons. The van der Waals surface area contributed by atoms with Gasteiger partial charge in [-0.3, -0.25) is 0 Å². The molecular formula is C16H17Cl2N. The van der Waals surface area contributed by atoms with Gasteiger partial charge in [0.05, 0.1) is 6.04 Å². The minimum Gasteiger partial charge on any atom is -0.309 e. The van der Waals surface area contributed by atoms with Gasteiger partial charge < -0.3 is 5.32 Å². The third-order valence-corrected chi connectivity index (χ3v) is 4.10. The molecule has 0 aliphatic heterocycles. The maximum atomic E-state index is 6.39. The molecule has 3 heteroatoms. The number of hydrogen-bond donors (Lipinski definition) is 1. The van der Waals surface area contributed by atoms with Crippen LogP contribution in [0.5, 0.6) is 0 Å². The van der Waals surface area contributed by atoms with E-state index in [4.69, 9.17) is 23.2 Å². The van der Waals surface area contributed by atoms with E-state index < -0.39 is 0 Å². The molecule has 2 aromatic rings. The van der Waals surface area contributed by atoms with Crippen molar-refractivity contribution in [3.05, 3.63) is 68.7 Å². The Labute approximate surface area is 124 Å². The largest absolute Gasteiger partial charge is 0.309 e. The zero-order valence-electron chi connectivity index (χ0n) is 11.3. The quantitative estimate of drug-likeness (QED) is 0.847. The molecule has 0 fully saturated rings. The summed E-state index contributed by atoms with van der Waals surface area (Å²) in [7, 11) is 1.92. The molecular weight excluding hydrogens is 277 g/mol. The van der Waals surface area contributed by atoms with Crippen LogP contribution in [-0.4, -0.2) is 7.05 Å². The van der Waals surface area contributed by atoms with E-state index in [1.165, 1.54) is 11.1 Å². The summed E-state index contributed by atoms with van der Waals surface area (Å²) >= 11 is 12.7. The van der Waals surface area contributed by atoms with Crippen molar-refractivity contribution in [1.29, 1.82) is 0 Å². The summed E-state index contributed by atoms with van der Waals surface area (Å²) in [5.41, 5.74) is 4.52. The van der Waals surface area contributed by atoms with Crippen molar-refractivity contribution in [2.24, 2.45) is 0 Å². The molecule has 0 aromatic heterocycles. The Bertz CT molecular complexity index is 593. The average Bonchev–Trinajstić information content (AvgIpc) is 2.38. The minimum absolute atomic E-state index is 0.000463. The van der Waals surface area contributed by atoms with E-state index in [2.05, 4.69) is 25.2 Å². The molecule has 1 atom stereocenters. The topological polar surface area (TPSA) is 12.0 Å². The maximum absolute atomic E-state index is 6.39. The monoisotopic (exact) mass is 293 g/mol. The lowest BCUT2D eigenvalue weighted by atomic mass is 9.95. The molecule has 0 amide bonds. The molecule has 2 aromatic carbocycles. The van der Waals surface area contributed by atoms with Gasteiger partial charge in [-0.15, -0.1) is 0 Å². The fourth-order valence-electron chi connectivity index (χ4n) is 2.21. The predicted octanol–water partition coefficient (Wildman–Crippen LogP) is 4.92. The van der Waals surface area contributed by atoms with Gasteiger partial charge in [-0.1, -0.05) is 47.5 Å². The van der Waals surface area contributed by atoms with Gasteiger partial charge in [-0.25, -0.2) is 0 Å². The molecule has 0 saturated heterocycles. The van der Waals surface area contributed by atoms with E-state index in [0.29, 0.717) is 0 Å². The van der Waals surface area contributed by atoms with Gasteiger partial charge in [0.25, 0.3) is 0 Å². The molecule has 1 N–H and O–H groups in total. The highest BCUT2D eigenvalue weighted by Gasteiger charge is 2.18. The van der Waals surface area contributed by atoms with E-state index in [-0.39, 0.29) is 6.04 Å². The second kappa shape index (κ2) is 5.96. The Kier molecular flexibility index (Phi) is 4.51. The van der Waals surface area contributed by atoms with Crippen molar-refractivity contribution in [2.75, 3.05) is 7.05 Å². The third-order valence-electron chi connectivity index (χ3n) is 3.43. The van der Waals surface area contributed by atoms with Gasteiger partial charge in [0.15, 0.2) is 0 Å². The number of hydrogen-bond acceptors (Lipinski definition) is 1. The lowest BCUT2D eigenvalue weighted by molar-refractivity contribution is 0.691. The minimum atomic E-state index is 0.000463. The zero-order valence-corrected chi connectivity index (χ0v) is 12.8. The van der Waals surface area contributed by atoms with Crippen LogP contribution in [0.2, 0.25) is 10.0 Å². The van der Waals surface area contributed by atoms with Crippen molar-refractivity contribution in [3.63, 3.8) is 0 Å². The first-order valence-corrected chi connectivity index (χ1v) is 6.98. The Hall–Kier alpha value is -1.02. The first-order chi connectivity index (χ1) is 9.04. The van der Waals surface area contributed by atoms with Crippen LogP contribution in [0.3, 0.4) is 0 Å². The lowest BCUT2D eigenvalue weighted by Crippen LogP contribution is -2.18. The highest BCUT2D eigenvalue weighted by Crippen LogP contribution is 2.33. The molecule has 0 aliphatic carbocycles. The van der Waals surface area contributed by atoms with Gasteiger partial charge in [-0.2, -0.15) is 0 Å². The first kappa shape index (κ1) is 14.4. The molecule has 19 heavy (non-hydrogen) atoms. The van der Waals surface area contributed by atoms with Crippen LogP contribution in [0.1, 0.15) is 28.3 Å². The lowest BCUT2D eigenvalue weighted by Gasteiger charge is -2.21. The number of benzene rings is 2. The molecule has 0 saturated carbocycles.